The fraction of sp³-hybridized carbons (Fsp3) is 0.333. The molecule has 5 heterocycles. The van der Waals surface area contributed by atoms with Crippen molar-refractivity contribution in [2.24, 2.45) is 5.16 Å². The minimum absolute atomic E-state index is 0.0119. The Balaban J connectivity index is 1.37. The van der Waals surface area contributed by atoms with Gasteiger partial charge in [-0.15, -0.1) is 11.8 Å². The molecule has 226 valence electrons. The van der Waals surface area contributed by atoms with Gasteiger partial charge in [-0.25, -0.2) is 14.3 Å². The van der Waals surface area contributed by atoms with E-state index < -0.39 is 41.0 Å². The third kappa shape index (κ3) is 5.61. The molecule has 0 saturated carbocycles. The molecule has 2 aliphatic rings. The maximum atomic E-state index is 13.3. The second-order valence-corrected chi connectivity index (χ2v) is 12.1. The van der Waals surface area contributed by atoms with E-state index in [1.54, 1.807) is 21.4 Å². The molecule has 2 aliphatic heterocycles. The minimum Gasteiger partial charge on any atom is -0.478 e. The van der Waals surface area contributed by atoms with Gasteiger partial charge < -0.3 is 31.8 Å². The molecule has 2 unspecified atom stereocenters. The molecule has 0 aromatic carbocycles. The minimum atomic E-state index is -1.39. The third-order valence-corrected chi connectivity index (χ3v) is 9.10. The molecule has 1 fully saturated rings. The highest BCUT2D eigenvalue weighted by Gasteiger charge is 2.53. The SMILES string of the molecule is C[C@H](O/N=C(\C(=O)NC1C(=O)N2C(C=O)=C(C[n+]3cccc4c3nc(N)n4CCO)CSC12)c1nc(N)sc1Cl)C(=O)O. The smallest absolute Gasteiger partial charge is 0.351 e. The van der Waals surface area contributed by atoms with E-state index in [2.05, 4.69) is 20.4 Å². The maximum Gasteiger partial charge on any atom is 0.351 e. The van der Waals surface area contributed by atoms with E-state index in [1.807, 2.05) is 6.07 Å². The van der Waals surface area contributed by atoms with Gasteiger partial charge in [-0.1, -0.05) is 28.1 Å². The quantitative estimate of drug-likeness (QED) is 0.0572. The number of nitrogens with zero attached hydrogens (tertiary/aromatic N) is 6. The molecule has 7 N–H and O–H groups in total. The van der Waals surface area contributed by atoms with E-state index in [4.69, 9.17) is 33.0 Å². The predicted octanol–water partition coefficient (Wildman–Crippen LogP) is -0.663. The van der Waals surface area contributed by atoms with E-state index in [0.29, 0.717) is 28.8 Å². The largest absolute Gasteiger partial charge is 0.478 e. The summed E-state index contributed by atoms with van der Waals surface area (Å²) in [6.07, 6.45) is 0.980. The van der Waals surface area contributed by atoms with Crippen molar-refractivity contribution in [2.75, 3.05) is 23.8 Å². The van der Waals surface area contributed by atoms with E-state index in [-0.39, 0.29) is 46.5 Å². The third-order valence-electron chi connectivity index (χ3n) is 6.68. The number of carboxylic acid groups (broad SMARTS) is 1. The molecule has 2 amide bonds. The highest BCUT2D eigenvalue weighted by atomic mass is 35.5. The number of nitrogens with one attached hydrogen (secondary N) is 1. The van der Waals surface area contributed by atoms with Gasteiger partial charge in [0.2, 0.25) is 6.10 Å². The number of amides is 2. The summed E-state index contributed by atoms with van der Waals surface area (Å²) >= 11 is 8.37. The van der Waals surface area contributed by atoms with Gasteiger partial charge in [-0.05, 0) is 24.0 Å². The Morgan fingerprint density at radius 2 is 2.16 bits per heavy atom. The number of nitrogen functional groups attached to an aromatic ring is 2. The van der Waals surface area contributed by atoms with Crippen molar-refractivity contribution >= 4 is 86.7 Å². The number of rotatable bonds is 11. The predicted molar refractivity (Wildman–Crippen MR) is 156 cm³/mol. The number of aldehydes is 1. The van der Waals surface area contributed by atoms with Crippen molar-refractivity contribution in [3.05, 3.63) is 39.6 Å². The van der Waals surface area contributed by atoms with Crippen LogP contribution in [0.5, 0.6) is 0 Å². The lowest BCUT2D eigenvalue weighted by atomic mass is 10.0. The number of thiazole rings is 1. The number of β-lactam (4-membered cyclic amide) rings is 1. The molecule has 0 bridgehead atoms. The summed E-state index contributed by atoms with van der Waals surface area (Å²) in [6, 6.07) is 2.58. The van der Waals surface area contributed by atoms with Gasteiger partial charge in [0, 0.05) is 11.3 Å². The van der Waals surface area contributed by atoms with E-state index >= 15 is 0 Å². The Bertz CT molecular complexity index is 1710. The van der Waals surface area contributed by atoms with Crippen LogP contribution in [-0.4, -0.2) is 89.3 Å². The number of halogens is 1. The molecule has 3 atom stereocenters. The van der Waals surface area contributed by atoms with Crippen molar-refractivity contribution in [3.63, 3.8) is 0 Å². The number of aliphatic carboxylic acids is 1. The van der Waals surface area contributed by atoms with Crippen LogP contribution in [0.25, 0.3) is 11.2 Å². The van der Waals surface area contributed by atoms with Gasteiger partial charge in [-0.3, -0.25) is 23.9 Å². The van der Waals surface area contributed by atoms with Crippen LogP contribution in [0, 0.1) is 0 Å². The highest BCUT2D eigenvalue weighted by Crippen LogP contribution is 2.40. The Labute approximate surface area is 255 Å². The van der Waals surface area contributed by atoms with Crippen LogP contribution in [0.3, 0.4) is 0 Å². The van der Waals surface area contributed by atoms with E-state index in [0.717, 1.165) is 11.3 Å². The molecule has 3 aromatic rings. The Morgan fingerprint density at radius 1 is 1.40 bits per heavy atom. The van der Waals surface area contributed by atoms with E-state index in [1.165, 1.54) is 23.6 Å². The van der Waals surface area contributed by atoms with Gasteiger partial charge in [0.25, 0.3) is 11.8 Å². The number of carbonyl (C=O) groups is 4. The average Bonchev–Trinajstić information content (AvgIpc) is 3.48. The van der Waals surface area contributed by atoms with Crippen molar-refractivity contribution in [2.45, 2.75) is 37.5 Å². The second-order valence-electron chi connectivity index (χ2n) is 9.36. The summed E-state index contributed by atoms with van der Waals surface area (Å²) in [5.74, 6) is -2.16. The number of hydrogen-bond acceptors (Lipinski definition) is 13. The normalized spacial score (nSPS) is 19.2. The number of carboxylic acids is 1. The molecular weight excluding hydrogens is 626 g/mol. The Morgan fingerprint density at radius 3 is 2.81 bits per heavy atom. The number of thioether (sulfide) groups is 1. The number of aliphatic hydroxyl groups is 1. The summed E-state index contributed by atoms with van der Waals surface area (Å²) in [4.78, 5) is 64.6. The molecule has 3 aromatic heterocycles. The number of imidazole rings is 1. The standard InChI is InChI=1S/C24H24ClN9O7S2/c1-10(22(39)40)41-31-15(14-17(25)43-24(27)29-14)19(37)28-16-20(38)34-13(8-36)11(9-42-21(16)34)7-32-4-2-3-12-18(32)30-23(26)33(12)5-6-35/h2-4,8,10,16,21,26,35H,5-7,9H2,1H3,(H4,27,28,29,37,39,40)/p+1/b31-15-/t10-,16?,21?/m0/s1. The Kier molecular flexibility index (Phi) is 8.54. The number of nitrogens with two attached hydrogens (primary N) is 2. The molecule has 5 rings (SSSR count). The summed E-state index contributed by atoms with van der Waals surface area (Å²) in [7, 11) is 0. The lowest BCUT2D eigenvalue weighted by molar-refractivity contribution is -0.664. The Hall–Kier alpha value is -4.26. The molecule has 16 nitrogen and oxygen atoms in total. The lowest BCUT2D eigenvalue weighted by Crippen LogP contribution is -2.70. The van der Waals surface area contributed by atoms with Crippen molar-refractivity contribution in [1.29, 1.82) is 0 Å². The number of pyridine rings is 1. The molecule has 1 saturated heterocycles. The van der Waals surface area contributed by atoms with Crippen LogP contribution >= 0.6 is 34.7 Å². The zero-order valence-electron chi connectivity index (χ0n) is 22.3. The number of hydrogen-bond donors (Lipinski definition) is 5. The van der Waals surface area contributed by atoms with Gasteiger partial charge in [0.15, 0.2) is 17.1 Å². The van der Waals surface area contributed by atoms with Crippen LogP contribution < -0.4 is 21.4 Å². The first-order valence-electron chi connectivity index (χ1n) is 12.6. The van der Waals surface area contributed by atoms with Crippen LogP contribution in [0.15, 0.2) is 34.8 Å². The molecule has 19 heteroatoms. The van der Waals surface area contributed by atoms with Gasteiger partial charge in [0.1, 0.15) is 33.5 Å². The van der Waals surface area contributed by atoms with Crippen molar-refractivity contribution in [1.82, 2.24) is 24.8 Å². The lowest BCUT2D eigenvalue weighted by Gasteiger charge is -2.49. The van der Waals surface area contributed by atoms with Crippen LogP contribution in [-0.2, 0) is 37.1 Å². The number of aliphatic hydroxyl groups excluding tert-OH is 1. The zero-order valence-corrected chi connectivity index (χ0v) is 24.7. The molecule has 0 aliphatic carbocycles. The van der Waals surface area contributed by atoms with Crippen molar-refractivity contribution < 1.29 is 38.8 Å². The van der Waals surface area contributed by atoms with E-state index in [9.17, 15) is 24.3 Å². The highest BCUT2D eigenvalue weighted by molar-refractivity contribution is 8.00. The first-order valence-corrected chi connectivity index (χ1v) is 14.9. The molecule has 0 radical (unpaired) electrons. The summed E-state index contributed by atoms with van der Waals surface area (Å²) in [5, 5.41) is 24.2. The fourth-order valence-electron chi connectivity index (χ4n) is 4.59. The average molecular weight is 651 g/mol. The number of aromatic nitrogens is 4. The first kappa shape index (κ1) is 30.2. The van der Waals surface area contributed by atoms with Gasteiger partial charge in [0.05, 0.1) is 25.0 Å². The van der Waals surface area contributed by atoms with Crippen LogP contribution in [0.4, 0.5) is 11.1 Å². The monoisotopic (exact) mass is 650 g/mol. The fourth-order valence-corrected chi connectivity index (χ4v) is 6.87. The number of allylic oxidation sites excluding steroid dienone is 1. The van der Waals surface area contributed by atoms with Crippen LogP contribution in [0.1, 0.15) is 12.6 Å². The topological polar surface area (TPSA) is 232 Å². The maximum absolute atomic E-state index is 13.3. The number of anilines is 2. The molecule has 43 heavy (non-hydrogen) atoms. The summed E-state index contributed by atoms with van der Waals surface area (Å²) in [5.41, 5.74) is 13.2. The summed E-state index contributed by atoms with van der Waals surface area (Å²) < 4.78 is 3.49. The number of oxime groups is 1. The second kappa shape index (κ2) is 12.2. The number of fused-ring (bicyclic) bond motifs is 2. The molecular formula is C24H25ClN9O7S2+. The van der Waals surface area contributed by atoms with Gasteiger partial charge in [-0.2, -0.15) is 0 Å². The first-order chi connectivity index (χ1) is 20.5. The zero-order chi connectivity index (χ0) is 31.0. The van der Waals surface area contributed by atoms with Gasteiger partial charge >= 0.3 is 17.6 Å². The van der Waals surface area contributed by atoms with Crippen LogP contribution in [0.2, 0.25) is 4.34 Å². The van der Waals surface area contributed by atoms with Crippen molar-refractivity contribution in [3.8, 4) is 0 Å². The number of carbonyl (C=O) groups excluding carboxylic acids is 3. The summed E-state index contributed by atoms with van der Waals surface area (Å²) in [6.45, 7) is 1.59. The molecule has 0 spiro atoms.